The molecule has 0 saturated carbocycles. The van der Waals surface area contributed by atoms with Gasteiger partial charge in [-0.3, -0.25) is 39.4 Å². The lowest BCUT2D eigenvalue weighted by Gasteiger charge is -2.28. The number of hydrogen-bond acceptors (Lipinski definition) is 12. The van der Waals surface area contributed by atoms with Gasteiger partial charge in [-0.2, -0.15) is 0 Å². The fourth-order valence-corrected chi connectivity index (χ4v) is 6.31. The smallest absolute Gasteiger partial charge is 0.261 e. The van der Waals surface area contributed by atoms with Crippen molar-refractivity contribution in [3.63, 3.8) is 0 Å². The second-order valence-electron chi connectivity index (χ2n) is 12.8. The number of carbonyl (C=O) groups excluding carboxylic acids is 4. The van der Waals surface area contributed by atoms with Gasteiger partial charge in [-0.15, -0.1) is 0 Å². The van der Waals surface area contributed by atoms with E-state index in [4.69, 9.17) is 24.9 Å². The predicted octanol–water partition coefficient (Wildman–Crippen LogP) is 4.62. The minimum atomic E-state index is -1.06. The van der Waals surface area contributed by atoms with Crippen molar-refractivity contribution < 1.29 is 38.6 Å². The van der Waals surface area contributed by atoms with E-state index in [0.717, 1.165) is 39.1 Å². The average Bonchev–Trinajstić information content (AvgIpc) is 3.62. The Kier molecular flexibility index (Phi) is 12.4. The molecule has 1 aliphatic carbocycles. The molecule has 1 aromatic heterocycles. The highest BCUT2D eigenvalue weighted by molar-refractivity contribution is 6.19. The van der Waals surface area contributed by atoms with Gasteiger partial charge >= 0.3 is 0 Å². The number of carbonyl (C=O) groups is 4. The van der Waals surface area contributed by atoms with Crippen LogP contribution in [0.15, 0.2) is 95.3 Å². The van der Waals surface area contributed by atoms with Gasteiger partial charge < -0.3 is 25.2 Å². The fourth-order valence-electron chi connectivity index (χ4n) is 6.31. The van der Waals surface area contributed by atoms with E-state index < -0.39 is 23.8 Å². The third kappa shape index (κ3) is 9.29. The molecule has 1 saturated heterocycles. The topological polar surface area (TPSA) is 195 Å². The zero-order valence-electron chi connectivity index (χ0n) is 30.1. The summed E-state index contributed by atoms with van der Waals surface area (Å²) in [6.07, 6.45) is 6.99. The number of rotatable bonds is 15. The first kappa shape index (κ1) is 38.1. The number of amides is 4. The highest BCUT2D eigenvalue weighted by atomic mass is 16.5. The Morgan fingerprint density at radius 2 is 1.65 bits per heavy atom. The van der Waals surface area contributed by atoms with Crippen molar-refractivity contribution in [2.75, 3.05) is 26.4 Å². The molecule has 0 bridgehead atoms. The monoisotopic (exact) mass is 744 g/mol. The number of benzene rings is 3. The van der Waals surface area contributed by atoms with Crippen LogP contribution in [-0.4, -0.2) is 83.6 Å². The lowest BCUT2D eigenvalue weighted by atomic mass is 9.97. The molecule has 2 aliphatic rings. The number of aliphatic imine (C=N–C) groups is 1. The van der Waals surface area contributed by atoms with Crippen LogP contribution in [0.5, 0.6) is 11.5 Å². The molecule has 4 aromatic rings. The molecule has 1 atom stereocenters. The Morgan fingerprint density at radius 1 is 0.927 bits per heavy atom. The summed E-state index contributed by atoms with van der Waals surface area (Å²) in [5, 5.41) is 15.0. The van der Waals surface area contributed by atoms with Crippen molar-refractivity contribution in [2.45, 2.75) is 38.6 Å². The number of allylic oxidation sites excluding steroid dienone is 1. The SMILES string of the molecule is Cc1ccc(OCCOCCOc2ccc(N=CC(=C(N)c3ccncc3)c3ccc4c(c3)CC/C4=N\O)cc2)cc1C(=O)N(C=O)C1CCC(=O)NC1=O. The predicted molar refractivity (Wildman–Crippen MR) is 204 cm³/mol. The number of oxime groups is 1. The van der Waals surface area contributed by atoms with Crippen molar-refractivity contribution in [3.05, 3.63) is 119 Å². The number of nitrogens with one attached hydrogen (secondary N) is 1. The number of aromatic nitrogens is 1. The van der Waals surface area contributed by atoms with E-state index >= 15 is 0 Å². The van der Waals surface area contributed by atoms with E-state index in [1.54, 1.807) is 37.7 Å². The molecule has 55 heavy (non-hydrogen) atoms. The van der Waals surface area contributed by atoms with Gasteiger partial charge in [0.15, 0.2) is 0 Å². The maximum Gasteiger partial charge on any atom is 0.261 e. The molecular weight excluding hydrogens is 704 g/mol. The van der Waals surface area contributed by atoms with Gasteiger partial charge in [0.25, 0.3) is 5.91 Å². The van der Waals surface area contributed by atoms with Crippen LogP contribution >= 0.6 is 0 Å². The zero-order chi connectivity index (χ0) is 38.7. The molecular formula is C41H40N6O8. The summed E-state index contributed by atoms with van der Waals surface area (Å²) in [7, 11) is 0. The van der Waals surface area contributed by atoms with Gasteiger partial charge in [0.05, 0.1) is 24.6 Å². The van der Waals surface area contributed by atoms with Gasteiger partial charge in [-0.1, -0.05) is 29.4 Å². The largest absolute Gasteiger partial charge is 0.491 e. The lowest BCUT2D eigenvalue weighted by Crippen LogP contribution is -2.53. The van der Waals surface area contributed by atoms with Crippen molar-refractivity contribution in [2.24, 2.45) is 15.9 Å². The highest BCUT2D eigenvalue weighted by Gasteiger charge is 2.35. The van der Waals surface area contributed by atoms with Crippen LogP contribution in [-0.2, 0) is 25.5 Å². The van der Waals surface area contributed by atoms with Crippen molar-refractivity contribution >= 4 is 53.0 Å². The Hall–Kier alpha value is -6.67. The Balaban J connectivity index is 0.984. The number of nitrogens with zero attached hydrogens (tertiary/aromatic N) is 4. The van der Waals surface area contributed by atoms with Crippen LogP contribution in [0.4, 0.5) is 5.69 Å². The maximum atomic E-state index is 13.2. The summed E-state index contributed by atoms with van der Waals surface area (Å²) in [6, 6.07) is 20.8. The first-order valence-corrected chi connectivity index (χ1v) is 17.7. The van der Waals surface area contributed by atoms with Crippen molar-refractivity contribution in [1.82, 2.24) is 15.2 Å². The molecule has 1 unspecified atom stereocenters. The standard InChI is InChI=1S/C41H40N6O8/c1-26-2-7-32(23-34(26)41(51)47(25-48)37-12-13-38(49)45-40(37)50)55-21-19-53-18-20-54-31-8-5-30(6-9-31)44-24-35(39(42)27-14-16-43-17-15-27)29-3-10-33-28(22-29)4-11-36(33)46-52/h2-3,5-10,14-17,22-25,37,52H,4,11-13,18-21,42H2,1H3,(H,45,49,50)/b39-35?,44-24?,46-36+. The number of imide groups is 2. The zero-order valence-corrected chi connectivity index (χ0v) is 30.1. The normalized spacial score (nSPS) is 16.4. The third-order valence-corrected chi connectivity index (χ3v) is 9.27. The highest BCUT2D eigenvalue weighted by Crippen LogP contribution is 2.29. The second kappa shape index (κ2) is 17.9. The first-order chi connectivity index (χ1) is 26.7. The Labute approximate surface area is 317 Å². The van der Waals surface area contributed by atoms with Gasteiger partial charge in [-0.25, -0.2) is 0 Å². The molecule has 1 aliphatic heterocycles. The average molecular weight is 745 g/mol. The van der Waals surface area contributed by atoms with Crippen molar-refractivity contribution in [1.29, 1.82) is 0 Å². The first-order valence-electron chi connectivity index (χ1n) is 17.7. The third-order valence-electron chi connectivity index (χ3n) is 9.27. The molecule has 0 radical (unpaired) electrons. The van der Waals surface area contributed by atoms with E-state index in [2.05, 4.69) is 21.5 Å². The van der Waals surface area contributed by atoms with Gasteiger partial charge in [0.2, 0.25) is 18.2 Å². The van der Waals surface area contributed by atoms with Crippen LogP contribution in [0.2, 0.25) is 0 Å². The summed E-state index contributed by atoms with van der Waals surface area (Å²) < 4.78 is 17.3. The van der Waals surface area contributed by atoms with Crippen molar-refractivity contribution in [3.8, 4) is 11.5 Å². The summed E-state index contributed by atoms with van der Waals surface area (Å²) in [5.41, 5.74) is 13.9. The number of ether oxygens (including phenoxy) is 3. The summed E-state index contributed by atoms with van der Waals surface area (Å²) in [6.45, 7) is 2.76. The van der Waals surface area contributed by atoms with Crippen LogP contribution < -0.4 is 20.5 Å². The molecule has 1 fully saturated rings. The summed E-state index contributed by atoms with van der Waals surface area (Å²) >= 11 is 0. The molecule has 0 spiro atoms. The lowest BCUT2D eigenvalue weighted by molar-refractivity contribution is -0.139. The number of fused-ring (bicyclic) bond motifs is 1. The fraction of sp³-hybridized carbons (Fsp3) is 0.244. The van der Waals surface area contributed by atoms with Crippen LogP contribution in [0.3, 0.4) is 0 Å². The number of nitrogens with two attached hydrogens (primary N) is 1. The number of pyridine rings is 1. The number of hydrogen-bond donors (Lipinski definition) is 3. The van der Waals surface area contributed by atoms with E-state index in [1.165, 1.54) is 6.07 Å². The second-order valence-corrected chi connectivity index (χ2v) is 12.8. The molecule has 6 rings (SSSR count). The van der Waals surface area contributed by atoms with E-state index in [0.29, 0.717) is 60.2 Å². The summed E-state index contributed by atoms with van der Waals surface area (Å²) in [5.74, 6) is -0.738. The molecule has 282 valence electrons. The van der Waals surface area contributed by atoms with E-state index in [9.17, 15) is 24.4 Å². The quantitative estimate of drug-likeness (QED) is 0.0386. The minimum Gasteiger partial charge on any atom is -0.491 e. The molecule has 3 aromatic carbocycles. The molecule has 14 nitrogen and oxygen atoms in total. The molecule has 14 heteroatoms. The van der Waals surface area contributed by atoms with Crippen LogP contribution in [0.25, 0.3) is 11.3 Å². The molecule has 2 heterocycles. The number of piperidine rings is 1. The van der Waals surface area contributed by atoms with E-state index in [-0.39, 0.29) is 31.6 Å². The van der Waals surface area contributed by atoms with Crippen LogP contribution in [0.1, 0.15) is 57.4 Å². The summed E-state index contributed by atoms with van der Waals surface area (Å²) in [4.78, 5) is 58.4. The Bertz CT molecular complexity index is 2150. The van der Waals surface area contributed by atoms with E-state index in [1.807, 2.05) is 48.5 Å². The molecule has 4 amide bonds. The van der Waals surface area contributed by atoms with Gasteiger partial charge in [0, 0.05) is 53.0 Å². The number of aryl methyl sites for hydroxylation is 2. The van der Waals surface area contributed by atoms with Gasteiger partial charge in [0.1, 0.15) is 30.8 Å². The minimum absolute atomic E-state index is 0.0368. The van der Waals surface area contributed by atoms with Crippen LogP contribution in [0, 0.1) is 6.92 Å². The molecule has 4 N–H and O–H groups in total. The Morgan fingerprint density at radius 3 is 2.36 bits per heavy atom. The maximum absolute atomic E-state index is 13.2. The van der Waals surface area contributed by atoms with Gasteiger partial charge in [-0.05, 0) is 91.4 Å².